The minimum atomic E-state index is -3.10. The first-order valence-corrected chi connectivity index (χ1v) is 3.76. The number of carboxylic acids is 1. The summed E-state index contributed by atoms with van der Waals surface area (Å²) in [5, 5.41) is 8.33. The molecule has 0 atom stereocenters. The highest BCUT2D eigenvalue weighted by Gasteiger charge is 2.22. The molecule has 0 saturated carbocycles. The van der Waals surface area contributed by atoms with Gasteiger partial charge in [0.25, 0.3) is 6.43 Å². The molecule has 0 bridgehead atoms. The Morgan fingerprint density at radius 3 is 2.53 bits per heavy atom. The number of pyridine rings is 1. The Bertz CT molecular complexity index is 394. The Hall–Kier alpha value is -1.66. The number of aromatic nitrogens is 1. The van der Waals surface area contributed by atoms with Gasteiger partial charge in [0.15, 0.2) is 5.82 Å². The summed E-state index contributed by atoms with van der Waals surface area (Å²) in [4.78, 5) is 13.0. The molecular weight excluding hydrogens is 218 g/mol. The van der Waals surface area contributed by atoms with E-state index in [0.29, 0.717) is 6.20 Å². The molecule has 0 aliphatic heterocycles. The van der Waals surface area contributed by atoms with Gasteiger partial charge in [-0.2, -0.15) is 4.39 Å². The van der Waals surface area contributed by atoms with E-state index in [1.807, 2.05) is 0 Å². The lowest BCUT2D eigenvalue weighted by molar-refractivity contribution is -0.136. The molecule has 1 rings (SSSR count). The van der Waals surface area contributed by atoms with Crippen molar-refractivity contribution >= 4 is 5.97 Å². The predicted molar refractivity (Wildman–Crippen MR) is 40.4 cm³/mol. The van der Waals surface area contributed by atoms with Crippen LogP contribution in [0.25, 0.3) is 0 Å². The number of nitrogens with zero attached hydrogens (tertiary/aromatic N) is 1. The van der Waals surface area contributed by atoms with Crippen LogP contribution in [-0.2, 0) is 11.2 Å². The normalized spacial score (nSPS) is 10.7. The summed E-state index contributed by atoms with van der Waals surface area (Å²) >= 11 is 0. The largest absolute Gasteiger partial charge is 0.481 e. The Morgan fingerprint density at radius 2 is 2.07 bits per heavy atom. The first-order valence-electron chi connectivity index (χ1n) is 3.76. The van der Waals surface area contributed by atoms with Crippen molar-refractivity contribution in [1.82, 2.24) is 4.98 Å². The molecule has 1 aromatic rings. The lowest BCUT2D eigenvalue weighted by Crippen LogP contribution is -2.09. The van der Waals surface area contributed by atoms with Crippen molar-refractivity contribution in [3.05, 3.63) is 29.1 Å². The quantitative estimate of drug-likeness (QED) is 0.629. The van der Waals surface area contributed by atoms with Crippen LogP contribution in [0.3, 0.4) is 0 Å². The minimum absolute atomic E-state index is 0.432. The summed E-state index contributed by atoms with van der Waals surface area (Å²) in [6, 6.07) is 0. The zero-order chi connectivity index (χ0) is 11.6. The first kappa shape index (κ1) is 11.4. The van der Waals surface area contributed by atoms with E-state index in [-0.39, 0.29) is 0 Å². The number of halogens is 4. The number of hydrogen-bond donors (Lipinski definition) is 1. The van der Waals surface area contributed by atoms with Crippen LogP contribution in [0, 0.1) is 11.8 Å². The number of alkyl halides is 2. The van der Waals surface area contributed by atoms with E-state index in [4.69, 9.17) is 5.11 Å². The van der Waals surface area contributed by atoms with Gasteiger partial charge in [-0.15, -0.1) is 0 Å². The van der Waals surface area contributed by atoms with Gasteiger partial charge in [-0.3, -0.25) is 4.79 Å². The van der Waals surface area contributed by atoms with Crippen molar-refractivity contribution in [2.45, 2.75) is 12.8 Å². The summed E-state index contributed by atoms with van der Waals surface area (Å²) in [6.07, 6.45) is -3.67. The molecular formula is C8H5F4NO2. The van der Waals surface area contributed by atoms with Gasteiger partial charge in [0.05, 0.1) is 6.42 Å². The fraction of sp³-hybridized carbons (Fsp3) is 0.250. The van der Waals surface area contributed by atoms with Crippen molar-refractivity contribution < 1.29 is 27.5 Å². The first-order chi connectivity index (χ1) is 6.93. The monoisotopic (exact) mass is 223 g/mol. The zero-order valence-corrected chi connectivity index (χ0v) is 7.18. The summed E-state index contributed by atoms with van der Waals surface area (Å²) < 4.78 is 50.0. The summed E-state index contributed by atoms with van der Waals surface area (Å²) in [6.45, 7) is 0. The van der Waals surface area contributed by atoms with E-state index in [9.17, 15) is 22.4 Å². The van der Waals surface area contributed by atoms with E-state index in [2.05, 4.69) is 4.98 Å². The molecule has 0 saturated heterocycles. The van der Waals surface area contributed by atoms with E-state index >= 15 is 0 Å². The van der Waals surface area contributed by atoms with Crippen molar-refractivity contribution in [2.24, 2.45) is 0 Å². The fourth-order valence-electron chi connectivity index (χ4n) is 1.03. The fourth-order valence-corrected chi connectivity index (χ4v) is 1.03. The second-order valence-corrected chi connectivity index (χ2v) is 2.67. The molecule has 0 fully saturated rings. The van der Waals surface area contributed by atoms with Crippen LogP contribution in [0.15, 0.2) is 6.20 Å². The zero-order valence-electron chi connectivity index (χ0n) is 7.18. The van der Waals surface area contributed by atoms with Crippen molar-refractivity contribution in [3.8, 4) is 0 Å². The minimum Gasteiger partial charge on any atom is -0.481 e. The van der Waals surface area contributed by atoms with Gasteiger partial charge >= 0.3 is 5.97 Å². The number of hydrogen-bond acceptors (Lipinski definition) is 2. The van der Waals surface area contributed by atoms with E-state index in [1.54, 1.807) is 0 Å². The highest BCUT2D eigenvalue weighted by atomic mass is 19.3. The summed E-state index contributed by atoms with van der Waals surface area (Å²) in [5.41, 5.74) is -1.78. The SMILES string of the molecule is O=C(O)Cc1c(C(F)F)cnc(F)c1F. The molecule has 7 heteroatoms. The third-order valence-corrected chi connectivity index (χ3v) is 1.67. The van der Waals surface area contributed by atoms with Crippen LogP contribution in [0.1, 0.15) is 17.6 Å². The number of carboxylic acid groups (broad SMARTS) is 1. The number of rotatable bonds is 3. The molecule has 0 radical (unpaired) electrons. The molecule has 0 aliphatic carbocycles. The molecule has 3 nitrogen and oxygen atoms in total. The highest BCUT2D eigenvalue weighted by Crippen LogP contribution is 2.25. The number of carbonyl (C=O) groups is 1. The van der Waals surface area contributed by atoms with Crippen LogP contribution in [0.4, 0.5) is 17.6 Å². The predicted octanol–water partition coefficient (Wildman–Crippen LogP) is 1.92. The van der Waals surface area contributed by atoms with Gasteiger partial charge in [0.2, 0.25) is 5.95 Å². The topological polar surface area (TPSA) is 50.2 Å². The summed E-state index contributed by atoms with van der Waals surface area (Å²) in [5.74, 6) is -4.76. The van der Waals surface area contributed by atoms with Gasteiger partial charge in [0, 0.05) is 17.3 Å². The van der Waals surface area contributed by atoms with Gasteiger partial charge in [-0.05, 0) is 0 Å². The van der Waals surface area contributed by atoms with Crippen LogP contribution in [0.2, 0.25) is 0 Å². The van der Waals surface area contributed by atoms with E-state index < -0.39 is 41.7 Å². The van der Waals surface area contributed by atoms with Gasteiger partial charge < -0.3 is 5.11 Å². The Kier molecular flexibility index (Phi) is 3.23. The third kappa shape index (κ3) is 2.42. The molecule has 1 heterocycles. The summed E-state index contributed by atoms with van der Waals surface area (Å²) in [7, 11) is 0. The van der Waals surface area contributed by atoms with Crippen molar-refractivity contribution in [2.75, 3.05) is 0 Å². The molecule has 0 amide bonds. The maximum Gasteiger partial charge on any atom is 0.307 e. The van der Waals surface area contributed by atoms with Crippen LogP contribution in [-0.4, -0.2) is 16.1 Å². The van der Waals surface area contributed by atoms with Gasteiger partial charge in [-0.25, -0.2) is 18.2 Å². The van der Waals surface area contributed by atoms with Crippen LogP contribution in [0.5, 0.6) is 0 Å². The van der Waals surface area contributed by atoms with E-state index in [1.165, 1.54) is 0 Å². The molecule has 0 aliphatic rings. The second-order valence-electron chi connectivity index (χ2n) is 2.67. The van der Waals surface area contributed by atoms with Gasteiger partial charge in [-0.1, -0.05) is 0 Å². The van der Waals surface area contributed by atoms with Crippen LogP contribution >= 0.6 is 0 Å². The third-order valence-electron chi connectivity index (χ3n) is 1.67. The molecule has 1 N–H and O–H groups in total. The van der Waals surface area contributed by atoms with Crippen LogP contribution < -0.4 is 0 Å². The highest BCUT2D eigenvalue weighted by molar-refractivity contribution is 5.70. The maximum absolute atomic E-state index is 12.9. The van der Waals surface area contributed by atoms with Gasteiger partial charge in [0.1, 0.15) is 0 Å². The number of aliphatic carboxylic acids is 1. The Morgan fingerprint density at radius 1 is 1.47 bits per heavy atom. The molecule has 1 aromatic heterocycles. The molecule has 0 aromatic carbocycles. The molecule has 15 heavy (non-hydrogen) atoms. The van der Waals surface area contributed by atoms with Crippen molar-refractivity contribution in [3.63, 3.8) is 0 Å². The smallest absolute Gasteiger partial charge is 0.307 e. The molecule has 0 spiro atoms. The standard InChI is InChI=1S/C8H5F4NO2/c9-6-3(1-5(14)15)4(7(10)11)2-13-8(6)12/h2,7H,1H2,(H,14,15). The van der Waals surface area contributed by atoms with E-state index in [0.717, 1.165) is 0 Å². The van der Waals surface area contributed by atoms with Crippen molar-refractivity contribution in [1.29, 1.82) is 0 Å². The average Bonchev–Trinajstić information content (AvgIpc) is 2.12. The molecule has 0 unspecified atom stereocenters. The molecule has 82 valence electrons. The Labute approximate surface area is 81.4 Å². The lowest BCUT2D eigenvalue weighted by Gasteiger charge is -2.07. The average molecular weight is 223 g/mol. The lowest BCUT2D eigenvalue weighted by atomic mass is 10.1. The second kappa shape index (κ2) is 4.24. The maximum atomic E-state index is 12.9. The Balaban J connectivity index is 3.28.